The van der Waals surface area contributed by atoms with Crippen molar-refractivity contribution >= 4 is 27.3 Å². The molecule has 1 fully saturated rings. The van der Waals surface area contributed by atoms with Crippen LogP contribution >= 0.6 is 27.3 Å². The lowest BCUT2D eigenvalue weighted by Crippen LogP contribution is -2.57. The van der Waals surface area contributed by atoms with Crippen LogP contribution in [0, 0.1) is 0 Å². The molecule has 0 saturated carbocycles. The van der Waals surface area contributed by atoms with Crippen molar-refractivity contribution in [2.75, 3.05) is 33.4 Å². The van der Waals surface area contributed by atoms with Gasteiger partial charge in [0.15, 0.2) is 0 Å². The Morgan fingerprint density at radius 1 is 1.47 bits per heavy atom. The molecule has 1 saturated heterocycles. The number of rotatable bonds is 5. The molecule has 1 aliphatic heterocycles. The molecule has 0 radical (unpaired) electrons. The van der Waals surface area contributed by atoms with Crippen LogP contribution in [0.15, 0.2) is 15.2 Å². The minimum atomic E-state index is 0.113. The molecule has 19 heavy (non-hydrogen) atoms. The molecule has 5 heteroatoms. The highest BCUT2D eigenvalue weighted by atomic mass is 79.9. The molecular formula is C14H23BrN2OS. The van der Waals surface area contributed by atoms with E-state index in [1.807, 2.05) is 0 Å². The molecular weight excluding hydrogens is 324 g/mol. The Kier molecular flexibility index (Phi) is 5.43. The summed E-state index contributed by atoms with van der Waals surface area (Å²) in [6.07, 6.45) is 1.11. The van der Waals surface area contributed by atoms with Gasteiger partial charge in [-0.15, -0.1) is 0 Å². The third kappa shape index (κ3) is 3.05. The van der Waals surface area contributed by atoms with E-state index in [9.17, 15) is 0 Å². The first-order valence-corrected chi connectivity index (χ1v) is 8.58. The molecule has 1 N–H and O–H groups in total. The Labute approximate surface area is 128 Å². The summed E-state index contributed by atoms with van der Waals surface area (Å²) in [7, 11) is 2.06. The van der Waals surface area contributed by atoms with Crippen LogP contribution in [0.2, 0.25) is 0 Å². The van der Waals surface area contributed by atoms with Gasteiger partial charge in [0.2, 0.25) is 0 Å². The van der Waals surface area contributed by atoms with Crippen molar-refractivity contribution < 1.29 is 4.74 Å². The van der Waals surface area contributed by atoms with E-state index in [0.717, 1.165) is 32.7 Å². The number of hydrogen-bond acceptors (Lipinski definition) is 4. The predicted molar refractivity (Wildman–Crippen MR) is 84.9 cm³/mol. The summed E-state index contributed by atoms with van der Waals surface area (Å²) in [4.78, 5) is 2.57. The normalized spacial score (nSPS) is 22.1. The second kappa shape index (κ2) is 6.68. The van der Waals surface area contributed by atoms with Crippen LogP contribution in [-0.4, -0.2) is 43.8 Å². The molecule has 1 aromatic heterocycles. The second-order valence-electron chi connectivity index (χ2n) is 5.21. The smallest absolute Gasteiger partial charge is 0.0594 e. The lowest BCUT2D eigenvalue weighted by atomic mass is 9.83. The predicted octanol–water partition coefficient (Wildman–Crippen LogP) is 3.27. The molecule has 2 atom stereocenters. The lowest BCUT2D eigenvalue weighted by molar-refractivity contribution is -0.0319. The van der Waals surface area contributed by atoms with Gasteiger partial charge in [0, 0.05) is 28.5 Å². The average molecular weight is 347 g/mol. The van der Waals surface area contributed by atoms with E-state index in [1.165, 1.54) is 10.0 Å². The standard InChI is InChI=1S/C14H23BrN2OS/c1-4-14(2,17-5-7-18-8-6-17)13(16-3)11-9-19-10-12(11)15/h9-10,13,16H,4-8H2,1-3H3. The maximum absolute atomic E-state index is 5.50. The molecule has 2 heterocycles. The highest BCUT2D eigenvalue weighted by Gasteiger charge is 2.39. The Balaban J connectivity index is 2.29. The van der Waals surface area contributed by atoms with E-state index >= 15 is 0 Å². The van der Waals surface area contributed by atoms with Gasteiger partial charge in [0.25, 0.3) is 0 Å². The third-order valence-corrected chi connectivity index (χ3v) is 6.06. The van der Waals surface area contributed by atoms with Crippen molar-refractivity contribution in [2.45, 2.75) is 31.8 Å². The van der Waals surface area contributed by atoms with Crippen LogP contribution in [0.4, 0.5) is 0 Å². The van der Waals surface area contributed by atoms with Crippen molar-refractivity contribution in [1.82, 2.24) is 10.2 Å². The van der Waals surface area contributed by atoms with Crippen molar-refractivity contribution in [3.8, 4) is 0 Å². The fraction of sp³-hybridized carbons (Fsp3) is 0.714. The number of ether oxygens (including phenoxy) is 1. The zero-order chi connectivity index (χ0) is 13.9. The Bertz CT molecular complexity index is 406. The summed E-state index contributed by atoms with van der Waals surface area (Å²) >= 11 is 5.43. The van der Waals surface area contributed by atoms with Gasteiger partial charge in [-0.1, -0.05) is 6.92 Å². The maximum atomic E-state index is 5.50. The minimum absolute atomic E-state index is 0.113. The fourth-order valence-electron chi connectivity index (χ4n) is 2.98. The lowest BCUT2D eigenvalue weighted by Gasteiger charge is -2.47. The highest BCUT2D eigenvalue weighted by Crippen LogP contribution is 2.39. The Morgan fingerprint density at radius 2 is 2.16 bits per heavy atom. The van der Waals surface area contributed by atoms with E-state index in [0.29, 0.717) is 6.04 Å². The van der Waals surface area contributed by atoms with E-state index in [1.54, 1.807) is 11.3 Å². The number of nitrogens with one attached hydrogen (secondary N) is 1. The molecule has 1 aliphatic rings. The van der Waals surface area contributed by atoms with Gasteiger partial charge in [0.1, 0.15) is 0 Å². The molecule has 1 aromatic rings. The summed E-state index contributed by atoms with van der Waals surface area (Å²) in [6.45, 7) is 8.37. The summed E-state index contributed by atoms with van der Waals surface area (Å²) in [6, 6.07) is 0.330. The number of thiophene rings is 1. The zero-order valence-corrected chi connectivity index (χ0v) is 14.3. The molecule has 0 aromatic carbocycles. The molecule has 3 nitrogen and oxygen atoms in total. The van der Waals surface area contributed by atoms with Crippen molar-refractivity contribution in [2.24, 2.45) is 0 Å². The third-order valence-electron chi connectivity index (χ3n) is 4.31. The highest BCUT2D eigenvalue weighted by molar-refractivity contribution is 9.10. The first-order valence-electron chi connectivity index (χ1n) is 6.85. The van der Waals surface area contributed by atoms with Crippen LogP contribution in [0.1, 0.15) is 31.9 Å². The molecule has 0 bridgehead atoms. The van der Waals surface area contributed by atoms with Gasteiger partial charge in [0.05, 0.1) is 19.3 Å². The van der Waals surface area contributed by atoms with Crippen LogP contribution in [0.5, 0.6) is 0 Å². The van der Waals surface area contributed by atoms with Gasteiger partial charge in [-0.25, -0.2) is 0 Å². The van der Waals surface area contributed by atoms with Crippen LogP contribution in [0.25, 0.3) is 0 Å². The first kappa shape index (κ1) is 15.4. The molecule has 2 unspecified atom stereocenters. The van der Waals surface area contributed by atoms with E-state index in [2.05, 4.69) is 57.8 Å². The molecule has 0 amide bonds. The first-order chi connectivity index (χ1) is 9.13. The molecule has 0 spiro atoms. The van der Waals surface area contributed by atoms with Crippen LogP contribution < -0.4 is 5.32 Å². The van der Waals surface area contributed by atoms with Crippen molar-refractivity contribution in [3.63, 3.8) is 0 Å². The molecule has 2 rings (SSSR count). The fourth-order valence-corrected chi connectivity index (χ4v) is 4.54. The van der Waals surface area contributed by atoms with Crippen molar-refractivity contribution in [3.05, 3.63) is 20.8 Å². The average Bonchev–Trinajstić information content (AvgIpc) is 2.86. The Morgan fingerprint density at radius 3 is 2.63 bits per heavy atom. The van der Waals surface area contributed by atoms with Gasteiger partial charge in [-0.2, -0.15) is 11.3 Å². The number of halogens is 1. The summed E-state index contributed by atoms with van der Waals surface area (Å²) in [5.41, 5.74) is 1.48. The number of nitrogens with zero attached hydrogens (tertiary/aromatic N) is 1. The number of hydrogen-bond donors (Lipinski definition) is 1. The summed E-state index contributed by atoms with van der Waals surface area (Å²) in [5, 5.41) is 7.94. The van der Waals surface area contributed by atoms with E-state index in [-0.39, 0.29) is 5.54 Å². The van der Waals surface area contributed by atoms with Crippen LogP contribution in [0.3, 0.4) is 0 Å². The zero-order valence-electron chi connectivity index (χ0n) is 11.9. The number of likely N-dealkylation sites (N-methyl/N-ethyl adjacent to an activating group) is 1. The second-order valence-corrected chi connectivity index (χ2v) is 6.80. The number of morpholine rings is 1. The summed E-state index contributed by atoms with van der Waals surface area (Å²) in [5.74, 6) is 0. The minimum Gasteiger partial charge on any atom is -0.379 e. The van der Waals surface area contributed by atoms with Gasteiger partial charge >= 0.3 is 0 Å². The topological polar surface area (TPSA) is 24.5 Å². The molecule has 0 aliphatic carbocycles. The van der Waals surface area contributed by atoms with Crippen molar-refractivity contribution in [1.29, 1.82) is 0 Å². The largest absolute Gasteiger partial charge is 0.379 e. The Hall–Kier alpha value is 0.0600. The van der Waals surface area contributed by atoms with Gasteiger partial charge in [-0.3, -0.25) is 4.90 Å². The van der Waals surface area contributed by atoms with Gasteiger partial charge in [-0.05, 0) is 47.3 Å². The molecule has 108 valence electrons. The van der Waals surface area contributed by atoms with Crippen LogP contribution in [-0.2, 0) is 4.74 Å². The summed E-state index contributed by atoms with van der Waals surface area (Å²) < 4.78 is 6.71. The monoisotopic (exact) mass is 346 g/mol. The maximum Gasteiger partial charge on any atom is 0.0594 e. The quantitative estimate of drug-likeness (QED) is 0.885. The SMILES string of the molecule is CCC(C)(C(NC)c1cscc1Br)N1CCOCC1. The van der Waals surface area contributed by atoms with E-state index < -0.39 is 0 Å². The van der Waals surface area contributed by atoms with E-state index in [4.69, 9.17) is 4.74 Å². The van der Waals surface area contributed by atoms with Gasteiger partial charge < -0.3 is 10.1 Å².